The van der Waals surface area contributed by atoms with E-state index >= 15 is 0 Å². The van der Waals surface area contributed by atoms with Gasteiger partial charge in [-0.25, -0.2) is 12.8 Å². The second-order valence-electron chi connectivity index (χ2n) is 6.43. The van der Waals surface area contributed by atoms with E-state index in [0.29, 0.717) is 22.8 Å². The van der Waals surface area contributed by atoms with Crippen LogP contribution in [0.15, 0.2) is 77.7 Å². The predicted molar refractivity (Wildman–Crippen MR) is 111 cm³/mol. The minimum absolute atomic E-state index is 0.0553. The molecule has 0 aliphatic heterocycles. The van der Waals surface area contributed by atoms with Crippen molar-refractivity contribution in [3.05, 3.63) is 94.8 Å². The van der Waals surface area contributed by atoms with E-state index in [1.165, 1.54) is 24.3 Å². The summed E-state index contributed by atoms with van der Waals surface area (Å²) in [6, 6.07) is 17.8. The second kappa shape index (κ2) is 8.63. The number of nitrogens with one attached hydrogen (secondary N) is 1. The highest BCUT2D eigenvalue weighted by molar-refractivity contribution is 7.92. The highest BCUT2D eigenvalue weighted by atomic mass is 35.5. The number of sulfonamides is 1. The van der Waals surface area contributed by atoms with Gasteiger partial charge in [0.25, 0.3) is 15.9 Å². The fraction of sp³-hybridized carbons (Fsp3) is 0.0952. The Hall–Kier alpha value is -2.90. The summed E-state index contributed by atoms with van der Waals surface area (Å²) in [6.45, 7) is 0.387. The summed E-state index contributed by atoms with van der Waals surface area (Å²) < 4.78 is 40.1. The van der Waals surface area contributed by atoms with Gasteiger partial charge in [0.15, 0.2) is 0 Å². The average Bonchev–Trinajstić information content (AvgIpc) is 2.68. The lowest BCUT2D eigenvalue weighted by molar-refractivity contribution is 0.0785. The molecule has 3 aromatic rings. The summed E-state index contributed by atoms with van der Waals surface area (Å²) in [7, 11) is -2.17. The van der Waals surface area contributed by atoms with Crippen LogP contribution in [0.4, 0.5) is 10.1 Å². The lowest BCUT2D eigenvalue weighted by Gasteiger charge is -2.18. The normalized spacial score (nSPS) is 11.1. The van der Waals surface area contributed by atoms with Crippen molar-refractivity contribution >= 4 is 33.2 Å². The third-order valence-electron chi connectivity index (χ3n) is 4.16. The molecule has 3 aromatic carbocycles. The molecule has 8 heteroatoms. The summed E-state index contributed by atoms with van der Waals surface area (Å²) in [4.78, 5) is 14.1. The van der Waals surface area contributed by atoms with Gasteiger partial charge in [0.05, 0.1) is 4.90 Å². The van der Waals surface area contributed by atoms with Crippen LogP contribution in [0.25, 0.3) is 0 Å². The van der Waals surface area contributed by atoms with Gasteiger partial charge >= 0.3 is 0 Å². The maximum absolute atomic E-state index is 13.0. The molecule has 0 radical (unpaired) electrons. The van der Waals surface area contributed by atoms with Crippen molar-refractivity contribution in [2.75, 3.05) is 11.8 Å². The molecule has 1 amide bonds. The Morgan fingerprint density at radius 1 is 1.03 bits per heavy atom. The molecule has 29 heavy (non-hydrogen) atoms. The molecule has 0 saturated heterocycles. The first-order valence-corrected chi connectivity index (χ1v) is 10.5. The average molecular weight is 433 g/mol. The standard InChI is InChI=1S/C21H18ClFN2O3S/c1-25(14-15-3-2-4-17(22)13-15)21(26)16-5-9-19(10-6-16)24-29(27,28)20-11-7-18(23)8-12-20/h2-13,24H,14H2,1H3. The number of hydrogen-bond acceptors (Lipinski definition) is 3. The number of nitrogens with zero attached hydrogens (tertiary/aromatic N) is 1. The number of amides is 1. The van der Waals surface area contributed by atoms with Gasteiger partial charge in [0.1, 0.15) is 5.82 Å². The molecule has 0 bridgehead atoms. The van der Waals surface area contributed by atoms with E-state index in [0.717, 1.165) is 17.7 Å². The number of anilines is 1. The van der Waals surface area contributed by atoms with E-state index in [9.17, 15) is 17.6 Å². The van der Waals surface area contributed by atoms with Gasteiger partial charge < -0.3 is 4.90 Å². The van der Waals surface area contributed by atoms with Crippen LogP contribution in [0.5, 0.6) is 0 Å². The molecule has 0 aliphatic rings. The first kappa shape index (κ1) is 20.8. The molecule has 0 fully saturated rings. The highest BCUT2D eigenvalue weighted by Crippen LogP contribution is 2.18. The van der Waals surface area contributed by atoms with Crippen LogP contribution in [0.1, 0.15) is 15.9 Å². The number of hydrogen-bond donors (Lipinski definition) is 1. The SMILES string of the molecule is CN(Cc1cccc(Cl)c1)C(=O)c1ccc(NS(=O)(=O)c2ccc(F)cc2)cc1. The van der Waals surface area contributed by atoms with Crippen LogP contribution in [0.2, 0.25) is 5.02 Å². The maximum atomic E-state index is 13.0. The minimum atomic E-state index is -3.85. The minimum Gasteiger partial charge on any atom is -0.337 e. The second-order valence-corrected chi connectivity index (χ2v) is 8.55. The van der Waals surface area contributed by atoms with Crippen LogP contribution >= 0.6 is 11.6 Å². The molecule has 0 aliphatic carbocycles. The summed E-state index contributed by atoms with van der Waals surface area (Å²) >= 11 is 5.97. The number of benzene rings is 3. The van der Waals surface area contributed by atoms with Gasteiger partial charge in [-0.3, -0.25) is 9.52 Å². The molecule has 0 aromatic heterocycles. The van der Waals surface area contributed by atoms with Crippen molar-refractivity contribution in [1.82, 2.24) is 4.90 Å². The first-order valence-electron chi connectivity index (χ1n) is 8.63. The van der Waals surface area contributed by atoms with Gasteiger partial charge in [-0.1, -0.05) is 23.7 Å². The molecule has 3 rings (SSSR count). The summed E-state index contributed by atoms with van der Waals surface area (Å²) in [6.07, 6.45) is 0. The maximum Gasteiger partial charge on any atom is 0.261 e. The third-order valence-corrected chi connectivity index (χ3v) is 5.80. The molecule has 1 N–H and O–H groups in total. The van der Waals surface area contributed by atoms with Crippen LogP contribution in [0.3, 0.4) is 0 Å². The Balaban J connectivity index is 1.69. The first-order chi connectivity index (χ1) is 13.7. The van der Waals surface area contributed by atoms with Gasteiger partial charge in [-0.15, -0.1) is 0 Å². The monoisotopic (exact) mass is 432 g/mol. The molecule has 0 atom stereocenters. The number of halogens is 2. The summed E-state index contributed by atoms with van der Waals surface area (Å²) in [5.41, 5.74) is 1.61. The Kier molecular flexibility index (Phi) is 6.20. The highest BCUT2D eigenvalue weighted by Gasteiger charge is 2.16. The van der Waals surface area contributed by atoms with Crippen LogP contribution in [-0.2, 0) is 16.6 Å². The summed E-state index contributed by atoms with van der Waals surface area (Å²) in [5.74, 6) is -0.730. The Labute approximate surface area is 173 Å². The van der Waals surface area contributed by atoms with Gasteiger partial charge in [0.2, 0.25) is 0 Å². The molecular weight excluding hydrogens is 415 g/mol. The van der Waals surface area contributed by atoms with Crippen LogP contribution < -0.4 is 4.72 Å². The lowest BCUT2D eigenvalue weighted by Crippen LogP contribution is -2.26. The fourth-order valence-corrected chi connectivity index (χ4v) is 3.98. The molecule has 150 valence electrons. The van der Waals surface area contributed by atoms with E-state index in [1.54, 1.807) is 36.2 Å². The topological polar surface area (TPSA) is 66.5 Å². The fourth-order valence-electron chi connectivity index (χ4n) is 2.71. The molecule has 0 unspecified atom stereocenters. The Morgan fingerprint density at radius 3 is 2.31 bits per heavy atom. The predicted octanol–water partition coefficient (Wildman–Crippen LogP) is 4.55. The van der Waals surface area contributed by atoms with Crippen molar-refractivity contribution in [3.8, 4) is 0 Å². The molecule has 0 saturated carbocycles. The van der Waals surface area contributed by atoms with Crippen LogP contribution in [0, 0.1) is 5.82 Å². The zero-order chi connectivity index (χ0) is 21.0. The number of carbonyl (C=O) groups is 1. The zero-order valence-corrected chi connectivity index (χ0v) is 17.0. The van der Waals surface area contributed by atoms with Crippen molar-refractivity contribution in [3.63, 3.8) is 0 Å². The van der Waals surface area contributed by atoms with E-state index in [4.69, 9.17) is 11.6 Å². The number of rotatable bonds is 6. The van der Waals surface area contributed by atoms with E-state index in [2.05, 4.69) is 4.72 Å². The Morgan fingerprint density at radius 2 is 1.69 bits per heavy atom. The molecule has 0 spiro atoms. The van der Waals surface area contributed by atoms with Gasteiger partial charge in [-0.2, -0.15) is 0 Å². The Bertz CT molecular complexity index is 1120. The van der Waals surface area contributed by atoms with Crippen molar-refractivity contribution < 1.29 is 17.6 Å². The van der Waals surface area contributed by atoms with E-state index in [-0.39, 0.29) is 10.8 Å². The smallest absolute Gasteiger partial charge is 0.261 e. The van der Waals surface area contributed by atoms with Crippen LogP contribution in [-0.4, -0.2) is 26.3 Å². The van der Waals surface area contributed by atoms with Crippen molar-refractivity contribution in [1.29, 1.82) is 0 Å². The molecule has 5 nitrogen and oxygen atoms in total. The van der Waals surface area contributed by atoms with E-state index in [1.807, 2.05) is 12.1 Å². The van der Waals surface area contributed by atoms with E-state index < -0.39 is 15.8 Å². The van der Waals surface area contributed by atoms with Gasteiger partial charge in [0, 0.05) is 29.9 Å². The number of carbonyl (C=O) groups excluding carboxylic acids is 1. The van der Waals surface area contributed by atoms with Gasteiger partial charge in [-0.05, 0) is 66.2 Å². The van der Waals surface area contributed by atoms with Crippen molar-refractivity contribution in [2.24, 2.45) is 0 Å². The largest absolute Gasteiger partial charge is 0.337 e. The summed E-state index contributed by atoms with van der Waals surface area (Å²) in [5, 5.41) is 0.598. The third kappa shape index (κ3) is 5.34. The lowest BCUT2D eigenvalue weighted by atomic mass is 10.1. The molecular formula is C21H18ClFN2O3S. The zero-order valence-electron chi connectivity index (χ0n) is 15.5. The van der Waals surface area contributed by atoms with Crippen molar-refractivity contribution in [2.45, 2.75) is 11.4 Å². The molecule has 0 heterocycles. The quantitative estimate of drug-likeness (QED) is 0.621.